The van der Waals surface area contributed by atoms with Crippen LogP contribution in [0.1, 0.15) is 18.4 Å². The van der Waals surface area contributed by atoms with E-state index in [0.29, 0.717) is 5.96 Å². The molecule has 0 aliphatic carbocycles. The second kappa shape index (κ2) is 9.80. The maximum absolute atomic E-state index is 8.98. The zero-order valence-electron chi connectivity index (χ0n) is 13.5. The highest BCUT2D eigenvalue weighted by Crippen LogP contribution is 2.12. The highest BCUT2D eigenvalue weighted by Gasteiger charge is 2.10. The third-order valence-electron chi connectivity index (χ3n) is 3.45. The molecular weight excluding hydrogens is 298 g/mol. The number of guanidine groups is 1. The molecule has 0 saturated carbocycles. The summed E-state index contributed by atoms with van der Waals surface area (Å²) in [6, 6.07) is 13.9. The van der Waals surface area contributed by atoms with Gasteiger partial charge < -0.3 is 5.32 Å². The highest BCUT2D eigenvalue weighted by atomic mass is 15.2. The molecule has 0 bridgehead atoms. The summed E-state index contributed by atoms with van der Waals surface area (Å²) < 4.78 is 0. The largest absolute Gasteiger partial charge is 0.325 e. The summed E-state index contributed by atoms with van der Waals surface area (Å²) >= 11 is 0. The van der Waals surface area contributed by atoms with E-state index >= 15 is 0 Å². The molecule has 122 valence electrons. The number of rotatable bonds is 7. The molecule has 2 N–H and O–H groups in total. The van der Waals surface area contributed by atoms with Gasteiger partial charge in [0.1, 0.15) is 0 Å². The van der Waals surface area contributed by atoms with Crippen LogP contribution in [-0.4, -0.2) is 17.0 Å². The SMILES string of the molecule is C=CCCC(Cc1ccccc1)/N=C(/NC#N)Nc1ccncc1. The standard InChI is InChI=1S/C19H21N5/c1-2-3-9-18(14-16-7-5-4-6-8-16)24-19(22-15-20)23-17-10-12-21-13-11-17/h2,4-8,10-13,18H,1,3,9,14H2,(H2,21,22,23,24). The molecule has 1 unspecified atom stereocenters. The summed E-state index contributed by atoms with van der Waals surface area (Å²) in [7, 11) is 0. The molecule has 0 fully saturated rings. The van der Waals surface area contributed by atoms with Crippen molar-refractivity contribution in [1.82, 2.24) is 10.3 Å². The lowest BCUT2D eigenvalue weighted by Crippen LogP contribution is -2.29. The summed E-state index contributed by atoms with van der Waals surface area (Å²) in [6.45, 7) is 3.78. The molecule has 0 spiro atoms. The Morgan fingerprint density at radius 2 is 2.00 bits per heavy atom. The second-order valence-electron chi connectivity index (χ2n) is 5.28. The van der Waals surface area contributed by atoms with E-state index in [4.69, 9.17) is 10.3 Å². The third-order valence-corrected chi connectivity index (χ3v) is 3.45. The number of nitrogens with one attached hydrogen (secondary N) is 2. The molecule has 5 nitrogen and oxygen atoms in total. The highest BCUT2D eigenvalue weighted by molar-refractivity contribution is 5.94. The van der Waals surface area contributed by atoms with Crippen LogP contribution in [-0.2, 0) is 6.42 Å². The van der Waals surface area contributed by atoms with Crippen molar-refractivity contribution >= 4 is 11.6 Å². The summed E-state index contributed by atoms with van der Waals surface area (Å²) in [5.74, 6) is 0.439. The molecule has 2 aromatic rings. The van der Waals surface area contributed by atoms with Crippen molar-refractivity contribution in [3.63, 3.8) is 0 Å². The van der Waals surface area contributed by atoms with Crippen LogP contribution >= 0.6 is 0 Å². The third kappa shape index (κ3) is 5.93. The number of aromatic nitrogens is 1. The molecule has 1 aromatic carbocycles. The predicted molar refractivity (Wildman–Crippen MR) is 97.4 cm³/mol. The minimum absolute atomic E-state index is 0.0515. The number of benzene rings is 1. The Kier molecular flexibility index (Phi) is 7.03. The Labute approximate surface area is 142 Å². The number of allylic oxidation sites excluding steroid dienone is 1. The molecule has 0 amide bonds. The van der Waals surface area contributed by atoms with E-state index < -0.39 is 0 Å². The first kappa shape index (κ1) is 17.2. The van der Waals surface area contributed by atoms with Crippen LogP contribution in [0.5, 0.6) is 0 Å². The smallest absolute Gasteiger partial charge is 0.209 e. The van der Waals surface area contributed by atoms with E-state index in [2.05, 4.69) is 34.3 Å². The maximum atomic E-state index is 8.98. The van der Waals surface area contributed by atoms with E-state index in [0.717, 1.165) is 24.9 Å². The number of nitriles is 1. The number of nitrogens with zero attached hydrogens (tertiary/aromatic N) is 3. The lowest BCUT2D eigenvalue weighted by molar-refractivity contribution is 0.618. The first-order chi connectivity index (χ1) is 11.8. The fourth-order valence-corrected chi connectivity index (χ4v) is 2.31. The number of anilines is 1. The summed E-state index contributed by atoms with van der Waals surface area (Å²) in [6.07, 6.45) is 9.74. The van der Waals surface area contributed by atoms with E-state index in [1.165, 1.54) is 5.56 Å². The minimum Gasteiger partial charge on any atom is -0.325 e. The molecule has 1 aromatic heterocycles. The number of aliphatic imine (C=N–C) groups is 1. The molecule has 0 aliphatic heterocycles. The van der Waals surface area contributed by atoms with Gasteiger partial charge in [-0.2, -0.15) is 5.26 Å². The molecule has 5 heteroatoms. The minimum atomic E-state index is 0.0515. The quantitative estimate of drug-likeness (QED) is 0.269. The Morgan fingerprint density at radius 3 is 2.67 bits per heavy atom. The van der Waals surface area contributed by atoms with Gasteiger partial charge in [0.2, 0.25) is 5.96 Å². The van der Waals surface area contributed by atoms with Crippen LogP contribution in [0.4, 0.5) is 5.69 Å². The normalized spacial score (nSPS) is 12.0. The van der Waals surface area contributed by atoms with E-state index in [9.17, 15) is 0 Å². The Hall–Kier alpha value is -3.13. The molecule has 0 aliphatic rings. The molecule has 1 atom stereocenters. The van der Waals surface area contributed by atoms with Gasteiger partial charge in [-0.1, -0.05) is 36.4 Å². The van der Waals surface area contributed by atoms with Crippen molar-refractivity contribution in [3.8, 4) is 6.19 Å². The number of hydrogen-bond acceptors (Lipinski definition) is 3. The van der Waals surface area contributed by atoms with Crippen LogP contribution in [0.2, 0.25) is 0 Å². The average molecular weight is 319 g/mol. The lowest BCUT2D eigenvalue weighted by atomic mass is 10.0. The van der Waals surface area contributed by atoms with E-state index in [1.54, 1.807) is 12.4 Å². The maximum Gasteiger partial charge on any atom is 0.209 e. The van der Waals surface area contributed by atoms with Gasteiger partial charge in [0, 0.05) is 18.1 Å². The summed E-state index contributed by atoms with van der Waals surface area (Å²) in [5.41, 5.74) is 2.05. The van der Waals surface area contributed by atoms with Crippen LogP contribution in [0, 0.1) is 11.5 Å². The fourth-order valence-electron chi connectivity index (χ4n) is 2.31. The van der Waals surface area contributed by atoms with Crippen LogP contribution in [0.25, 0.3) is 0 Å². The van der Waals surface area contributed by atoms with Crippen LogP contribution in [0.3, 0.4) is 0 Å². The van der Waals surface area contributed by atoms with Gasteiger partial charge in [0.25, 0.3) is 0 Å². The van der Waals surface area contributed by atoms with E-state index in [-0.39, 0.29) is 6.04 Å². The first-order valence-electron chi connectivity index (χ1n) is 7.86. The summed E-state index contributed by atoms with van der Waals surface area (Å²) in [4.78, 5) is 8.68. The van der Waals surface area contributed by atoms with Crippen molar-refractivity contribution in [1.29, 1.82) is 5.26 Å². The van der Waals surface area contributed by atoms with Gasteiger partial charge in [0.05, 0.1) is 6.04 Å². The summed E-state index contributed by atoms with van der Waals surface area (Å²) in [5, 5.41) is 14.7. The molecular formula is C19H21N5. The monoisotopic (exact) mass is 319 g/mol. The Bertz CT molecular complexity index is 689. The zero-order valence-corrected chi connectivity index (χ0v) is 13.5. The zero-order chi connectivity index (χ0) is 17.0. The Balaban J connectivity index is 2.15. The number of pyridine rings is 1. The lowest BCUT2D eigenvalue weighted by Gasteiger charge is -2.15. The number of hydrogen-bond donors (Lipinski definition) is 2. The van der Waals surface area contributed by atoms with Gasteiger partial charge in [-0.3, -0.25) is 10.3 Å². The predicted octanol–water partition coefficient (Wildman–Crippen LogP) is 3.50. The molecule has 24 heavy (non-hydrogen) atoms. The average Bonchev–Trinajstić information content (AvgIpc) is 2.61. The topological polar surface area (TPSA) is 73.1 Å². The van der Waals surface area contributed by atoms with Crippen molar-refractivity contribution < 1.29 is 0 Å². The van der Waals surface area contributed by atoms with E-state index in [1.807, 2.05) is 42.6 Å². The van der Waals surface area contributed by atoms with Crippen molar-refractivity contribution in [2.24, 2.45) is 4.99 Å². The Morgan fingerprint density at radius 1 is 1.25 bits per heavy atom. The second-order valence-corrected chi connectivity index (χ2v) is 5.28. The molecule has 2 rings (SSSR count). The van der Waals surface area contributed by atoms with Gasteiger partial charge in [-0.25, -0.2) is 4.99 Å². The van der Waals surface area contributed by atoms with Crippen molar-refractivity contribution in [2.75, 3.05) is 5.32 Å². The van der Waals surface area contributed by atoms with Gasteiger partial charge in [-0.15, -0.1) is 6.58 Å². The van der Waals surface area contributed by atoms with Crippen molar-refractivity contribution in [3.05, 3.63) is 73.1 Å². The van der Waals surface area contributed by atoms with Crippen molar-refractivity contribution in [2.45, 2.75) is 25.3 Å². The van der Waals surface area contributed by atoms with Crippen LogP contribution in [0.15, 0.2) is 72.5 Å². The van der Waals surface area contributed by atoms with Gasteiger partial charge >= 0.3 is 0 Å². The van der Waals surface area contributed by atoms with Crippen LogP contribution < -0.4 is 10.6 Å². The van der Waals surface area contributed by atoms with Gasteiger partial charge in [0.15, 0.2) is 6.19 Å². The molecule has 0 saturated heterocycles. The van der Waals surface area contributed by atoms with Gasteiger partial charge in [-0.05, 0) is 37.0 Å². The molecule has 1 heterocycles. The first-order valence-corrected chi connectivity index (χ1v) is 7.86. The molecule has 0 radical (unpaired) electrons. The fraction of sp³-hybridized carbons (Fsp3) is 0.211.